The molecule has 0 saturated heterocycles. The van der Waals surface area contributed by atoms with Gasteiger partial charge in [-0.3, -0.25) is 9.59 Å². The lowest BCUT2D eigenvalue weighted by molar-refractivity contribution is -0.114. The van der Waals surface area contributed by atoms with Gasteiger partial charge in [0.2, 0.25) is 5.91 Å². The van der Waals surface area contributed by atoms with E-state index in [9.17, 15) is 9.59 Å². The van der Waals surface area contributed by atoms with E-state index >= 15 is 0 Å². The first kappa shape index (κ1) is 22.9. The molecule has 3 aromatic rings. The van der Waals surface area contributed by atoms with Gasteiger partial charge in [-0.15, -0.1) is 0 Å². The third-order valence-electron chi connectivity index (χ3n) is 5.01. The molecular weight excluding hydrogens is 402 g/mol. The molecule has 0 aliphatic heterocycles. The molecule has 2 N–H and O–H groups in total. The topological polar surface area (TPSA) is 70.7 Å². The number of nitrogens with zero attached hydrogens (tertiary/aromatic N) is 1. The summed E-state index contributed by atoms with van der Waals surface area (Å²) in [5, 5.41) is 5.98. The highest BCUT2D eigenvalue weighted by molar-refractivity contribution is 5.96. The molecule has 3 aromatic carbocycles. The summed E-state index contributed by atoms with van der Waals surface area (Å²) in [4.78, 5) is 26.8. The normalized spacial score (nSPS) is 10.3. The fraction of sp³-hybridized carbons (Fsp3) is 0.231. The van der Waals surface area contributed by atoms with Crippen LogP contribution < -0.4 is 15.4 Å². The highest BCUT2D eigenvalue weighted by Gasteiger charge is 2.13. The van der Waals surface area contributed by atoms with Crippen LogP contribution in [0.15, 0.2) is 78.9 Å². The molecule has 0 radical (unpaired) electrons. The van der Waals surface area contributed by atoms with Crippen LogP contribution in [0, 0.1) is 0 Å². The second-order valence-electron chi connectivity index (χ2n) is 7.23. The van der Waals surface area contributed by atoms with E-state index in [2.05, 4.69) is 10.6 Å². The summed E-state index contributed by atoms with van der Waals surface area (Å²) in [6.45, 7) is 5.70. The number of ether oxygens (including phenoxy) is 1. The summed E-state index contributed by atoms with van der Waals surface area (Å²) in [5.41, 5.74) is 2.97. The lowest BCUT2D eigenvalue weighted by Gasteiger charge is -2.19. The second kappa shape index (κ2) is 11.6. The van der Waals surface area contributed by atoms with Crippen LogP contribution in [0.4, 0.5) is 11.4 Å². The zero-order valence-electron chi connectivity index (χ0n) is 18.5. The maximum Gasteiger partial charge on any atom is 0.253 e. The van der Waals surface area contributed by atoms with E-state index in [1.54, 1.807) is 17.0 Å². The summed E-state index contributed by atoms with van der Waals surface area (Å²) in [6, 6.07) is 24.4. The van der Waals surface area contributed by atoms with E-state index < -0.39 is 0 Å². The van der Waals surface area contributed by atoms with E-state index in [1.165, 1.54) is 0 Å². The molecule has 32 heavy (non-hydrogen) atoms. The number of nitrogens with one attached hydrogen (secondary N) is 2. The van der Waals surface area contributed by atoms with Gasteiger partial charge in [-0.05, 0) is 49.7 Å². The van der Waals surface area contributed by atoms with Gasteiger partial charge < -0.3 is 20.3 Å². The van der Waals surface area contributed by atoms with Crippen molar-refractivity contribution >= 4 is 23.2 Å². The van der Waals surface area contributed by atoms with Crippen molar-refractivity contribution in [3.8, 4) is 5.75 Å². The molecule has 0 aromatic heterocycles. The van der Waals surface area contributed by atoms with E-state index in [1.807, 2.05) is 80.6 Å². The Balaban J connectivity index is 1.58. The van der Waals surface area contributed by atoms with Crippen molar-refractivity contribution in [3.05, 3.63) is 90.0 Å². The summed E-state index contributed by atoms with van der Waals surface area (Å²) in [7, 11) is 0. The number of rotatable bonds is 10. The number of benzene rings is 3. The molecular formula is C26H29N3O3. The predicted octanol–water partition coefficient (Wildman–Crippen LogP) is 4.80. The Labute approximate surface area is 189 Å². The fourth-order valence-electron chi connectivity index (χ4n) is 3.26. The summed E-state index contributed by atoms with van der Waals surface area (Å²) >= 11 is 0. The van der Waals surface area contributed by atoms with Gasteiger partial charge in [-0.2, -0.15) is 0 Å². The van der Waals surface area contributed by atoms with E-state index in [0.717, 1.165) is 5.56 Å². The number of anilines is 2. The maximum absolute atomic E-state index is 12.5. The Hall–Kier alpha value is -3.80. The molecule has 0 atom stereocenters. The molecule has 0 bridgehead atoms. The molecule has 0 saturated carbocycles. The first-order valence-electron chi connectivity index (χ1n) is 10.8. The van der Waals surface area contributed by atoms with Crippen LogP contribution in [0.3, 0.4) is 0 Å². The molecule has 0 aliphatic carbocycles. The maximum atomic E-state index is 12.5. The van der Waals surface area contributed by atoms with Crippen molar-refractivity contribution < 1.29 is 14.3 Å². The summed E-state index contributed by atoms with van der Waals surface area (Å²) in [5.74, 6) is 0.380. The first-order valence-corrected chi connectivity index (χ1v) is 10.8. The molecule has 6 heteroatoms. The lowest BCUT2D eigenvalue weighted by Crippen LogP contribution is -2.30. The van der Waals surface area contributed by atoms with Crippen LogP contribution in [0.25, 0.3) is 0 Å². The number of carbonyl (C=O) groups excluding carboxylic acids is 2. The fourth-order valence-corrected chi connectivity index (χ4v) is 3.26. The Morgan fingerprint density at radius 2 is 1.59 bits per heavy atom. The zero-order valence-corrected chi connectivity index (χ0v) is 18.5. The summed E-state index contributed by atoms with van der Waals surface area (Å²) < 4.78 is 5.90. The van der Waals surface area contributed by atoms with Gasteiger partial charge in [0, 0.05) is 24.3 Å². The summed E-state index contributed by atoms with van der Waals surface area (Å²) in [6.07, 6.45) is 0. The number of para-hydroxylation sites is 2. The Morgan fingerprint density at radius 1 is 0.875 bits per heavy atom. The van der Waals surface area contributed by atoms with Crippen molar-refractivity contribution in [2.24, 2.45) is 0 Å². The van der Waals surface area contributed by atoms with Gasteiger partial charge in [0.1, 0.15) is 12.4 Å². The van der Waals surface area contributed by atoms with Crippen LogP contribution in [0.1, 0.15) is 29.8 Å². The monoisotopic (exact) mass is 431 g/mol. The zero-order chi connectivity index (χ0) is 22.8. The van der Waals surface area contributed by atoms with Gasteiger partial charge in [0.25, 0.3) is 5.91 Å². The van der Waals surface area contributed by atoms with E-state index in [4.69, 9.17) is 4.74 Å². The molecule has 0 heterocycles. The molecule has 2 amide bonds. The van der Waals surface area contributed by atoms with Crippen molar-refractivity contribution in [2.45, 2.75) is 20.5 Å². The average molecular weight is 432 g/mol. The highest BCUT2D eigenvalue weighted by atomic mass is 16.5. The molecule has 166 valence electrons. The van der Waals surface area contributed by atoms with Gasteiger partial charge in [0.15, 0.2) is 0 Å². The Kier molecular flexibility index (Phi) is 8.26. The van der Waals surface area contributed by atoms with Gasteiger partial charge in [-0.25, -0.2) is 0 Å². The van der Waals surface area contributed by atoms with Crippen molar-refractivity contribution in [2.75, 3.05) is 30.3 Å². The number of hydrogen-bond acceptors (Lipinski definition) is 4. The third-order valence-corrected chi connectivity index (χ3v) is 5.01. The van der Waals surface area contributed by atoms with Crippen molar-refractivity contribution in [1.82, 2.24) is 4.90 Å². The molecule has 0 fully saturated rings. The quantitative estimate of drug-likeness (QED) is 0.484. The van der Waals surface area contributed by atoms with Crippen LogP contribution in [-0.4, -0.2) is 36.3 Å². The van der Waals surface area contributed by atoms with Crippen LogP contribution in [0.5, 0.6) is 5.75 Å². The first-order chi connectivity index (χ1) is 15.6. The minimum Gasteiger partial charge on any atom is -0.487 e. The third kappa shape index (κ3) is 6.35. The minimum atomic E-state index is -0.207. The number of amides is 2. The van der Waals surface area contributed by atoms with Crippen LogP contribution in [-0.2, 0) is 11.4 Å². The Bertz CT molecular complexity index is 1030. The van der Waals surface area contributed by atoms with Crippen LogP contribution >= 0.6 is 0 Å². The van der Waals surface area contributed by atoms with Crippen LogP contribution in [0.2, 0.25) is 0 Å². The molecule has 0 aliphatic rings. The van der Waals surface area contributed by atoms with Crippen molar-refractivity contribution in [1.29, 1.82) is 0 Å². The SMILES string of the molecule is CCN(CC)C(=O)c1cccc(NCC(=O)Nc2ccccc2OCc2ccccc2)c1. The Morgan fingerprint density at radius 3 is 2.34 bits per heavy atom. The predicted molar refractivity (Wildman–Crippen MR) is 128 cm³/mol. The standard InChI is InChI=1S/C26H29N3O3/c1-3-29(4-2)26(31)21-13-10-14-22(17-21)27-18-25(30)28-23-15-8-9-16-24(23)32-19-20-11-6-5-7-12-20/h5-17,27H,3-4,18-19H2,1-2H3,(H,28,30). The molecule has 0 unspecified atom stereocenters. The largest absolute Gasteiger partial charge is 0.487 e. The molecule has 0 spiro atoms. The van der Waals surface area contributed by atoms with Gasteiger partial charge in [-0.1, -0.05) is 48.5 Å². The average Bonchev–Trinajstić information content (AvgIpc) is 2.84. The molecule has 3 rings (SSSR count). The highest BCUT2D eigenvalue weighted by Crippen LogP contribution is 2.24. The van der Waals surface area contributed by atoms with E-state index in [0.29, 0.717) is 42.4 Å². The van der Waals surface area contributed by atoms with E-state index in [-0.39, 0.29) is 18.4 Å². The van der Waals surface area contributed by atoms with Crippen molar-refractivity contribution in [3.63, 3.8) is 0 Å². The number of carbonyl (C=O) groups is 2. The lowest BCUT2D eigenvalue weighted by atomic mass is 10.1. The molecule has 6 nitrogen and oxygen atoms in total. The number of hydrogen-bond donors (Lipinski definition) is 2. The van der Waals surface area contributed by atoms with Gasteiger partial charge in [0.05, 0.1) is 12.2 Å². The van der Waals surface area contributed by atoms with Gasteiger partial charge >= 0.3 is 0 Å². The minimum absolute atomic E-state index is 0.0207. The second-order valence-corrected chi connectivity index (χ2v) is 7.23. The smallest absolute Gasteiger partial charge is 0.253 e.